The van der Waals surface area contributed by atoms with E-state index >= 15 is 0 Å². The van der Waals surface area contributed by atoms with E-state index in [4.69, 9.17) is 0 Å². The van der Waals surface area contributed by atoms with E-state index in [0.717, 1.165) is 36.5 Å². The van der Waals surface area contributed by atoms with E-state index in [2.05, 4.69) is 5.10 Å². The summed E-state index contributed by atoms with van der Waals surface area (Å²) in [6.07, 6.45) is 0.987. The van der Waals surface area contributed by atoms with Crippen molar-refractivity contribution < 1.29 is 23.4 Å². The molecule has 130 valence electrons. The molecule has 0 heterocycles. The highest BCUT2D eigenvalue weighted by atomic mass is 32.2. The largest absolute Gasteiger partial charge is 0.502 e. The van der Waals surface area contributed by atoms with Gasteiger partial charge in [0.05, 0.1) is 21.0 Å². The van der Waals surface area contributed by atoms with Crippen LogP contribution < -0.4 is 4.83 Å². The molecule has 2 rings (SSSR count). The molecule has 0 spiro atoms. The highest BCUT2D eigenvalue weighted by molar-refractivity contribution is 7.89. The van der Waals surface area contributed by atoms with Gasteiger partial charge in [-0.05, 0) is 18.2 Å². The quantitative estimate of drug-likeness (QED) is 0.444. The third-order valence-electron chi connectivity index (χ3n) is 2.92. The van der Waals surface area contributed by atoms with Crippen molar-refractivity contribution >= 4 is 27.6 Å². The van der Waals surface area contributed by atoms with Crippen LogP contribution in [0.15, 0.2) is 52.5 Å². The van der Waals surface area contributed by atoms with E-state index in [1.54, 1.807) is 0 Å². The Morgan fingerprint density at radius 3 is 2.44 bits per heavy atom. The van der Waals surface area contributed by atoms with Crippen LogP contribution in [0.4, 0.5) is 11.4 Å². The lowest BCUT2D eigenvalue weighted by Crippen LogP contribution is -2.18. The summed E-state index contributed by atoms with van der Waals surface area (Å²) >= 11 is 0. The van der Waals surface area contributed by atoms with Gasteiger partial charge in [-0.15, -0.1) is 0 Å². The number of hydrazone groups is 1. The SMILES string of the molecule is O=[N+]([O-])c1cccc(S(=O)(=O)N/N=C/c2ccc(O)c([N+](=O)[O-])c2)c1. The van der Waals surface area contributed by atoms with E-state index in [1.165, 1.54) is 12.1 Å². The number of benzene rings is 2. The molecule has 0 fully saturated rings. The first-order chi connectivity index (χ1) is 11.7. The van der Waals surface area contributed by atoms with Gasteiger partial charge < -0.3 is 5.11 Å². The highest BCUT2D eigenvalue weighted by Crippen LogP contribution is 2.25. The van der Waals surface area contributed by atoms with E-state index in [0.29, 0.717) is 0 Å². The molecular formula is C13H10N4O7S. The Morgan fingerprint density at radius 2 is 1.80 bits per heavy atom. The number of nitrogens with one attached hydrogen (secondary N) is 1. The number of non-ortho nitro benzene ring substituents is 1. The maximum absolute atomic E-state index is 12.0. The molecule has 25 heavy (non-hydrogen) atoms. The molecule has 12 heteroatoms. The number of hydrogen-bond acceptors (Lipinski definition) is 8. The third kappa shape index (κ3) is 4.26. The van der Waals surface area contributed by atoms with E-state index in [9.17, 15) is 33.8 Å². The third-order valence-corrected chi connectivity index (χ3v) is 4.14. The summed E-state index contributed by atoms with van der Waals surface area (Å²) in [6, 6.07) is 7.71. The standard InChI is InChI=1S/C13H10N4O7S/c18-13-5-4-9(6-12(13)17(21)22)8-14-15-25(23,24)11-3-1-2-10(7-11)16(19)20/h1-8,15,18H/b14-8+. The fraction of sp³-hybridized carbons (Fsp3) is 0. The number of nitrogens with zero attached hydrogens (tertiary/aromatic N) is 3. The smallest absolute Gasteiger partial charge is 0.311 e. The Kier molecular flexibility index (Phi) is 4.93. The minimum absolute atomic E-state index is 0.159. The second-order valence-electron chi connectivity index (χ2n) is 4.61. The van der Waals surface area contributed by atoms with E-state index < -0.39 is 37.0 Å². The molecule has 0 unspecified atom stereocenters. The normalized spacial score (nSPS) is 11.4. The van der Waals surface area contributed by atoms with Crippen molar-refractivity contribution in [2.75, 3.05) is 0 Å². The second kappa shape index (κ2) is 6.92. The molecule has 11 nitrogen and oxygen atoms in total. The number of aromatic hydroxyl groups is 1. The molecule has 0 saturated carbocycles. The molecule has 0 amide bonds. The Hall–Kier alpha value is -3.54. The zero-order chi connectivity index (χ0) is 18.6. The highest BCUT2D eigenvalue weighted by Gasteiger charge is 2.17. The molecule has 0 aliphatic heterocycles. The van der Waals surface area contributed by atoms with Crippen LogP contribution in [-0.2, 0) is 10.0 Å². The van der Waals surface area contributed by atoms with Gasteiger partial charge in [0.15, 0.2) is 5.75 Å². The van der Waals surface area contributed by atoms with Gasteiger partial charge in [-0.25, -0.2) is 4.83 Å². The molecule has 2 N–H and O–H groups in total. The van der Waals surface area contributed by atoms with Crippen LogP contribution >= 0.6 is 0 Å². The summed E-state index contributed by atoms with van der Waals surface area (Å²) < 4.78 is 24.1. The summed E-state index contributed by atoms with van der Waals surface area (Å²) in [5, 5.41) is 34.2. The molecule has 0 saturated heterocycles. The number of rotatable bonds is 6. The summed E-state index contributed by atoms with van der Waals surface area (Å²) in [5.41, 5.74) is -0.808. The van der Waals surface area contributed by atoms with Gasteiger partial charge >= 0.3 is 5.69 Å². The van der Waals surface area contributed by atoms with Gasteiger partial charge in [0.25, 0.3) is 15.7 Å². The van der Waals surface area contributed by atoms with Crippen molar-refractivity contribution in [2.24, 2.45) is 5.10 Å². The number of nitro benzene ring substituents is 2. The fourth-order valence-electron chi connectivity index (χ4n) is 1.75. The predicted molar refractivity (Wildman–Crippen MR) is 85.8 cm³/mol. The first kappa shape index (κ1) is 17.8. The monoisotopic (exact) mass is 366 g/mol. The zero-order valence-electron chi connectivity index (χ0n) is 12.3. The number of sulfonamides is 1. The lowest BCUT2D eigenvalue weighted by Gasteiger charge is -2.03. The van der Waals surface area contributed by atoms with Crippen LogP contribution in [0.1, 0.15) is 5.56 Å². The summed E-state index contributed by atoms with van der Waals surface area (Å²) in [7, 11) is -4.16. The zero-order valence-corrected chi connectivity index (χ0v) is 13.1. The molecule has 0 aliphatic rings. The minimum Gasteiger partial charge on any atom is -0.502 e. The topological polar surface area (TPSA) is 165 Å². The van der Waals surface area contributed by atoms with Crippen molar-refractivity contribution in [3.63, 3.8) is 0 Å². The minimum atomic E-state index is -4.16. The van der Waals surface area contributed by atoms with Crippen LogP contribution in [0.2, 0.25) is 0 Å². The van der Waals surface area contributed by atoms with E-state index in [1.807, 2.05) is 4.83 Å². The fourth-order valence-corrected chi connectivity index (χ4v) is 2.58. The molecule has 0 bridgehead atoms. The van der Waals surface area contributed by atoms with Crippen LogP contribution in [0, 0.1) is 20.2 Å². The number of nitro groups is 2. The molecule has 0 atom stereocenters. The summed E-state index contributed by atoms with van der Waals surface area (Å²) in [6.45, 7) is 0. The van der Waals surface area contributed by atoms with E-state index in [-0.39, 0.29) is 10.5 Å². The predicted octanol–water partition coefficient (Wildman–Crippen LogP) is 1.52. The number of phenolic OH excluding ortho intramolecular Hbond substituents is 1. The lowest BCUT2D eigenvalue weighted by molar-refractivity contribution is -0.385. The first-order valence-electron chi connectivity index (χ1n) is 6.47. The van der Waals surface area contributed by atoms with Crippen molar-refractivity contribution in [1.82, 2.24) is 4.83 Å². The summed E-state index contributed by atoms with van der Waals surface area (Å²) in [5.74, 6) is -0.542. The lowest BCUT2D eigenvalue weighted by atomic mass is 10.2. The van der Waals surface area contributed by atoms with Gasteiger partial charge in [0.1, 0.15) is 0 Å². The average Bonchev–Trinajstić information content (AvgIpc) is 2.56. The Labute approximate surface area is 140 Å². The van der Waals surface area contributed by atoms with Gasteiger partial charge in [-0.3, -0.25) is 20.2 Å². The summed E-state index contributed by atoms with van der Waals surface area (Å²) in [4.78, 5) is 21.3. The number of hydrogen-bond donors (Lipinski definition) is 2. The molecule has 0 radical (unpaired) electrons. The van der Waals surface area contributed by atoms with Crippen LogP contribution in [0.3, 0.4) is 0 Å². The van der Waals surface area contributed by atoms with Crippen LogP contribution in [0.5, 0.6) is 5.75 Å². The van der Waals surface area contributed by atoms with Crippen LogP contribution in [-0.4, -0.2) is 29.6 Å². The maximum atomic E-state index is 12.0. The van der Waals surface area contributed by atoms with Gasteiger partial charge in [0.2, 0.25) is 0 Å². The molecular weight excluding hydrogens is 356 g/mol. The molecule has 2 aromatic carbocycles. The maximum Gasteiger partial charge on any atom is 0.311 e. The Balaban J connectivity index is 2.21. The van der Waals surface area contributed by atoms with Crippen molar-refractivity contribution in [3.05, 3.63) is 68.3 Å². The van der Waals surface area contributed by atoms with Crippen molar-refractivity contribution in [3.8, 4) is 5.75 Å². The van der Waals surface area contributed by atoms with Crippen LogP contribution in [0.25, 0.3) is 0 Å². The number of phenols is 1. The van der Waals surface area contributed by atoms with Gasteiger partial charge in [0, 0.05) is 23.8 Å². The van der Waals surface area contributed by atoms with Crippen molar-refractivity contribution in [1.29, 1.82) is 0 Å². The van der Waals surface area contributed by atoms with Gasteiger partial charge in [-0.2, -0.15) is 13.5 Å². The molecule has 0 aromatic heterocycles. The Bertz CT molecular complexity index is 972. The van der Waals surface area contributed by atoms with Gasteiger partial charge in [-0.1, -0.05) is 6.07 Å². The molecule has 0 aliphatic carbocycles. The molecule has 2 aromatic rings. The average molecular weight is 366 g/mol. The van der Waals surface area contributed by atoms with Crippen molar-refractivity contribution in [2.45, 2.75) is 4.90 Å². The Morgan fingerprint density at radius 1 is 1.08 bits per heavy atom. The second-order valence-corrected chi connectivity index (χ2v) is 6.27. The first-order valence-corrected chi connectivity index (χ1v) is 7.96.